The van der Waals surface area contributed by atoms with Crippen LogP contribution in [-0.2, 0) is 23.9 Å². The van der Waals surface area contributed by atoms with E-state index in [0.717, 1.165) is 57.3 Å². The Labute approximate surface area is 314 Å². The highest BCUT2D eigenvalue weighted by molar-refractivity contribution is 5.78. The number of rotatable bonds is 33. The lowest BCUT2D eigenvalue weighted by molar-refractivity contribution is -0.164. The summed E-state index contributed by atoms with van der Waals surface area (Å²) >= 11 is 0. The van der Waals surface area contributed by atoms with E-state index >= 15 is 0 Å². The lowest BCUT2D eigenvalue weighted by Crippen LogP contribution is -2.46. The van der Waals surface area contributed by atoms with Gasteiger partial charge in [-0.3, -0.25) is 14.4 Å². The second kappa shape index (κ2) is 36.4. The highest BCUT2D eigenvalue weighted by Gasteiger charge is 2.30. The molecule has 0 radical (unpaired) electrons. The second-order valence-corrected chi connectivity index (χ2v) is 14.5. The molecule has 0 aliphatic rings. The molecule has 3 N–H and O–H groups in total. The van der Waals surface area contributed by atoms with E-state index in [1.165, 1.54) is 70.6 Å². The molecule has 8 nitrogen and oxygen atoms in total. The molecular formula is C43H83NO7. The summed E-state index contributed by atoms with van der Waals surface area (Å²) in [6, 6.07) is -0.769. The van der Waals surface area contributed by atoms with E-state index in [2.05, 4.69) is 39.9 Å². The second-order valence-electron chi connectivity index (χ2n) is 14.5. The number of amides is 1. The van der Waals surface area contributed by atoms with Crippen LogP contribution < -0.4 is 5.32 Å². The van der Waals surface area contributed by atoms with Gasteiger partial charge in [-0.05, 0) is 38.0 Å². The molecule has 2 unspecified atom stereocenters. The molecule has 2 atom stereocenters. The van der Waals surface area contributed by atoms with Gasteiger partial charge in [0, 0.05) is 19.4 Å². The third kappa shape index (κ3) is 31.3. The first-order valence-corrected chi connectivity index (χ1v) is 21.2. The quantitative estimate of drug-likeness (QED) is 0.0350. The van der Waals surface area contributed by atoms with Crippen LogP contribution in [0.15, 0.2) is 12.2 Å². The fourth-order valence-corrected chi connectivity index (χ4v) is 5.73. The molecule has 0 aliphatic carbocycles. The zero-order valence-corrected chi connectivity index (χ0v) is 34.4. The Morgan fingerprint density at radius 3 is 1.65 bits per heavy atom. The summed E-state index contributed by atoms with van der Waals surface area (Å²) < 4.78 is 11.0. The first-order valence-electron chi connectivity index (χ1n) is 21.2. The number of esters is 2. The smallest absolute Gasteiger partial charge is 0.306 e. The molecular weight excluding hydrogens is 642 g/mol. The highest BCUT2D eigenvalue weighted by Crippen LogP contribution is 2.25. The number of ether oxygens (including phenoxy) is 2. The van der Waals surface area contributed by atoms with E-state index in [1.54, 1.807) is 6.08 Å². The van der Waals surface area contributed by atoms with Crippen LogP contribution in [0, 0.1) is 5.92 Å². The van der Waals surface area contributed by atoms with Crippen LogP contribution in [0.5, 0.6) is 0 Å². The van der Waals surface area contributed by atoms with E-state index in [-0.39, 0.29) is 32.0 Å². The summed E-state index contributed by atoms with van der Waals surface area (Å²) in [4.78, 5) is 37.5. The van der Waals surface area contributed by atoms with Gasteiger partial charge in [0.1, 0.15) is 12.2 Å². The zero-order valence-electron chi connectivity index (χ0n) is 34.4. The van der Waals surface area contributed by atoms with Crippen molar-refractivity contribution in [2.24, 2.45) is 5.92 Å². The summed E-state index contributed by atoms with van der Waals surface area (Å²) in [7, 11) is 0. The molecule has 0 bridgehead atoms. The van der Waals surface area contributed by atoms with Crippen LogP contribution >= 0.6 is 0 Å². The number of nitrogens with one attached hydrogen (secondary N) is 1. The average Bonchev–Trinajstić information content (AvgIpc) is 3.13. The lowest BCUT2D eigenvalue weighted by Gasteiger charge is -2.31. The molecule has 0 aromatic rings. The monoisotopic (exact) mass is 726 g/mol. The Morgan fingerprint density at radius 1 is 0.686 bits per heavy atom. The van der Waals surface area contributed by atoms with Crippen molar-refractivity contribution in [1.82, 2.24) is 5.32 Å². The first-order chi connectivity index (χ1) is 24.6. The van der Waals surface area contributed by atoms with Gasteiger partial charge < -0.3 is 25.0 Å². The summed E-state index contributed by atoms with van der Waals surface area (Å²) in [6.45, 7) is 14.7. The third-order valence-electron chi connectivity index (χ3n) is 10.1. The maximum atomic E-state index is 12.6. The largest absolute Gasteiger partial charge is 0.463 e. The van der Waals surface area contributed by atoms with Crippen molar-refractivity contribution in [3.05, 3.63) is 12.2 Å². The van der Waals surface area contributed by atoms with Crippen LogP contribution in [0.4, 0.5) is 0 Å². The fraction of sp³-hybridized carbons (Fsp3) is 0.884. The molecule has 0 saturated carbocycles. The number of allylic oxidation sites excluding steroid dienone is 1. The summed E-state index contributed by atoms with van der Waals surface area (Å²) in [5.74, 6) is -0.343. The minimum Gasteiger partial charge on any atom is -0.463 e. The fourth-order valence-electron chi connectivity index (χ4n) is 5.73. The zero-order chi connectivity index (χ0) is 38.6. The van der Waals surface area contributed by atoms with Crippen LogP contribution in [0.1, 0.15) is 209 Å². The van der Waals surface area contributed by atoms with Gasteiger partial charge in [-0.25, -0.2) is 0 Å². The van der Waals surface area contributed by atoms with Crippen LogP contribution in [0.2, 0.25) is 0 Å². The van der Waals surface area contributed by atoms with Gasteiger partial charge in [0.2, 0.25) is 5.91 Å². The van der Waals surface area contributed by atoms with Gasteiger partial charge >= 0.3 is 11.9 Å². The molecule has 0 aromatic heterocycles. The molecule has 0 rings (SSSR count). The number of hydrogen-bond donors (Lipinski definition) is 3. The Bertz CT molecular complexity index is 838. The minimum absolute atomic E-state index is 0.0844. The molecule has 0 aliphatic heterocycles. The number of carbonyl (C=O) groups excluding carboxylic acids is 3. The molecule has 0 fully saturated rings. The molecule has 0 heterocycles. The van der Waals surface area contributed by atoms with Crippen LogP contribution in [0.25, 0.3) is 0 Å². The van der Waals surface area contributed by atoms with Crippen molar-refractivity contribution in [3.63, 3.8) is 0 Å². The lowest BCUT2D eigenvalue weighted by atomic mass is 9.93. The van der Waals surface area contributed by atoms with Crippen molar-refractivity contribution in [2.45, 2.75) is 227 Å². The maximum Gasteiger partial charge on any atom is 0.306 e. The molecule has 51 heavy (non-hydrogen) atoms. The van der Waals surface area contributed by atoms with Gasteiger partial charge in [-0.1, -0.05) is 163 Å². The molecule has 1 amide bonds. The Kier molecular flexibility index (Phi) is 36.6. The summed E-state index contributed by atoms with van der Waals surface area (Å²) in [5, 5.41) is 23.0. The average molecular weight is 726 g/mol. The standard InChI is InChI=1S/C37H69NO7.C6H14/c1-5-9-11-13-14-15-16-17-18-19-20-22-23-25-33(40)32(38-34(41)26-24-21-12-10-6-2)31-44-35(42)27-28-36(43)45-37(7-3,8-4)29-30-39;1-4-6(3)5-2/h23,25,32-33,39-40H,5-22,24,26-31H2,1-4H3,(H,38,41);6H,4-5H2,1-3H3/b25-23+;. The van der Waals surface area contributed by atoms with Crippen molar-refractivity contribution >= 4 is 17.8 Å². The van der Waals surface area contributed by atoms with Gasteiger partial charge in [0.25, 0.3) is 0 Å². The normalized spacial score (nSPS) is 12.7. The van der Waals surface area contributed by atoms with Crippen LogP contribution in [-0.4, -0.2) is 59.0 Å². The number of carbonyl (C=O) groups is 3. The van der Waals surface area contributed by atoms with Gasteiger partial charge in [0.15, 0.2) is 0 Å². The van der Waals surface area contributed by atoms with E-state index in [4.69, 9.17) is 9.47 Å². The van der Waals surface area contributed by atoms with Gasteiger partial charge in [-0.2, -0.15) is 0 Å². The number of aliphatic hydroxyl groups excluding tert-OH is 2. The summed E-state index contributed by atoms with van der Waals surface area (Å²) in [5.41, 5.74) is -0.731. The SMILES string of the molecule is CCC(C)CC.CCCCCCCCCCCCC/C=C/C(O)C(COC(=O)CCC(=O)OC(CC)(CC)CCO)NC(=O)CCCCCCC. The molecule has 0 spiro atoms. The number of aliphatic hydroxyl groups is 2. The first kappa shape index (κ1) is 51.2. The van der Waals surface area contributed by atoms with Gasteiger partial charge in [0.05, 0.1) is 25.0 Å². The van der Waals surface area contributed by atoms with E-state index in [1.807, 2.05) is 19.9 Å². The topological polar surface area (TPSA) is 122 Å². The number of unbranched alkanes of at least 4 members (excludes halogenated alkanes) is 15. The highest BCUT2D eigenvalue weighted by atomic mass is 16.6. The minimum atomic E-state index is -0.993. The molecule has 0 saturated heterocycles. The Morgan fingerprint density at radius 2 is 1.18 bits per heavy atom. The predicted octanol–water partition coefficient (Wildman–Crippen LogP) is 10.7. The third-order valence-corrected chi connectivity index (χ3v) is 10.1. The van der Waals surface area contributed by atoms with Crippen molar-refractivity contribution in [1.29, 1.82) is 0 Å². The van der Waals surface area contributed by atoms with E-state index < -0.39 is 29.7 Å². The van der Waals surface area contributed by atoms with E-state index in [0.29, 0.717) is 25.7 Å². The van der Waals surface area contributed by atoms with E-state index in [9.17, 15) is 24.6 Å². The molecule has 302 valence electrons. The Balaban J connectivity index is 0. The Hall–Kier alpha value is -1.93. The van der Waals surface area contributed by atoms with Crippen molar-refractivity contribution in [2.75, 3.05) is 13.2 Å². The summed E-state index contributed by atoms with van der Waals surface area (Å²) in [6.07, 6.45) is 26.9. The molecule has 0 aromatic carbocycles. The molecule has 8 heteroatoms. The van der Waals surface area contributed by atoms with Gasteiger partial charge in [-0.15, -0.1) is 0 Å². The van der Waals surface area contributed by atoms with Crippen molar-refractivity contribution < 1.29 is 34.1 Å². The predicted molar refractivity (Wildman–Crippen MR) is 213 cm³/mol. The van der Waals surface area contributed by atoms with Crippen molar-refractivity contribution in [3.8, 4) is 0 Å². The van der Waals surface area contributed by atoms with Crippen LogP contribution in [0.3, 0.4) is 0 Å². The maximum absolute atomic E-state index is 12.6. The number of hydrogen-bond acceptors (Lipinski definition) is 7.